The van der Waals surface area contributed by atoms with Crippen molar-refractivity contribution in [1.82, 2.24) is 4.90 Å². The number of carbonyl (C=O) groups excluding carboxylic acids is 2. The maximum Gasteiger partial charge on any atom is 0.229 e. The summed E-state index contributed by atoms with van der Waals surface area (Å²) in [6.45, 7) is 0.580. The average Bonchev–Trinajstić information content (AvgIpc) is 3.04. The van der Waals surface area contributed by atoms with Crippen LogP contribution in [0.25, 0.3) is 0 Å². The number of ether oxygens (including phenoxy) is 1. The van der Waals surface area contributed by atoms with Gasteiger partial charge in [-0.1, -0.05) is 12.8 Å². The molecule has 1 aromatic carbocycles. The first kappa shape index (κ1) is 18.3. The van der Waals surface area contributed by atoms with E-state index in [-0.39, 0.29) is 17.2 Å². The number of benzene rings is 1. The molecule has 2 aliphatic rings. The third-order valence-electron chi connectivity index (χ3n) is 5.42. The number of hydrogen-bond acceptors (Lipinski definition) is 4. The van der Waals surface area contributed by atoms with Gasteiger partial charge in [-0.25, -0.2) is 0 Å². The molecule has 0 bridgehead atoms. The summed E-state index contributed by atoms with van der Waals surface area (Å²) in [5.41, 5.74) is 0.00881. The number of hydrogen-bond donors (Lipinski definition) is 0. The Bertz CT molecular complexity index is 588. The first-order valence-electron chi connectivity index (χ1n) is 9.22. The maximum absolute atomic E-state index is 12.4. The van der Waals surface area contributed by atoms with Gasteiger partial charge in [0.15, 0.2) is 0 Å². The first-order valence-corrected chi connectivity index (χ1v) is 10.2. The van der Waals surface area contributed by atoms with Gasteiger partial charge in [0.1, 0.15) is 5.75 Å². The van der Waals surface area contributed by atoms with Crippen molar-refractivity contribution in [3.63, 3.8) is 0 Å². The van der Waals surface area contributed by atoms with Crippen LogP contribution in [0.5, 0.6) is 5.75 Å². The van der Waals surface area contributed by atoms with E-state index in [0.29, 0.717) is 19.4 Å². The molecular formula is C20H27NO3S. The summed E-state index contributed by atoms with van der Waals surface area (Å²) in [5, 5.41) is 0. The van der Waals surface area contributed by atoms with E-state index < -0.39 is 0 Å². The van der Waals surface area contributed by atoms with Crippen LogP contribution in [0.2, 0.25) is 0 Å². The van der Waals surface area contributed by atoms with Crippen molar-refractivity contribution in [1.29, 1.82) is 0 Å². The number of nitrogens with zero attached hydrogens (tertiary/aromatic N) is 1. The van der Waals surface area contributed by atoms with Crippen LogP contribution in [0.15, 0.2) is 29.2 Å². The van der Waals surface area contributed by atoms with Crippen molar-refractivity contribution in [2.45, 2.75) is 56.3 Å². The van der Waals surface area contributed by atoms with Gasteiger partial charge in [0.05, 0.1) is 7.11 Å². The van der Waals surface area contributed by atoms with Gasteiger partial charge >= 0.3 is 0 Å². The summed E-state index contributed by atoms with van der Waals surface area (Å²) < 4.78 is 5.16. The lowest BCUT2D eigenvalue weighted by Gasteiger charge is -2.37. The van der Waals surface area contributed by atoms with Crippen LogP contribution in [-0.2, 0) is 9.59 Å². The minimum atomic E-state index is 0.00881. The van der Waals surface area contributed by atoms with E-state index in [1.807, 2.05) is 12.1 Å². The number of likely N-dealkylation sites (tertiary alicyclic amines) is 1. The first-order chi connectivity index (χ1) is 12.1. The zero-order valence-electron chi connectivity index (χ0n) is 15.0. The molecule has 5 heteroatoms. The number of rotatable bonds is 7. The Morgan fingerprint density at radius 3 is 2.28 bits per heavy atom. The van der Waals surface area contributed by atoms with Gasteiger partial charge in [0.25, 0.3) is 0 Å². The van der Waals surface area contributed by atoms with Crippen molar-refractivity contribution in [3.8, 4) is 5.75 Å². The molecule has 4 nitrogen and oxygen atoms in total. The van der Waals surface area contributed by atoms with Crippen molar-refractivity contribution >= 4 is 23.6 Å². The third kappa shape index (κ3) is 4.57. The van der Waals surface area contributed by atoms with E-state index in [9.17, 15) is 9.59 Å². The van der Waals surface area contributed by atoms with Crippen LogP contribution in [-0.4, -0.2) is 36.1 Å². The van der Waals surface area contributed by atoms with E-state index in [1.54, 1.807) is 18.9 Å². The number of imide groups is 1. The van der Waals surface area contributed by atoms with Gasteiger partial charge in [0, 0.05) is 24.3 Å². The summed E-state index contributed by atoms with van der Waals surface area (Å²) in [5.74, 6) is 1.97. The van der Waals surface area contributed by atoms with Gasteiger partial charge in [0.2, 0.25) is 11.8 Å². The minimum Gasteiger partial charge on any atom is -0.497 e. The molecule has 1 aliphatic heterocycles. The highest BCUT2D eigenvalue weighted by Gasteiger charge is 2.44. The largest absolute Gasteiger partial charge is 0.497 e. The topological polar surface area (TPSA) is 46.6 Å². The molecule has 1 aliphatic carbocycles. The molecule has 2 amide bonds. The molecule has 1 heterocycles. The van der Waals surface area contributed by atoms with Gasteiger partial charge in [-0.3, -0.25) is 14.5 Å². The number of methoxy groups -OCH3 is 1. The lowest BCUT2D eigenvalue weighted by atomic mass is 9.76. The lowest BCUT2D eigenvalue weighted by Crippen LogP contribution is -2.47. The molecular weight excluding hydrogens is 334 g/mol. The number of thioether (sulfide) groups is 1. The van der Waals surface area contributed by atoms with Gasteiger partial charge < -0.3 is 4.74 Å². The van der Waals surface area contributed by atoms with Crippen LogP contribution in [0.4, 0.5) is 0 Å². The average molecular weight is 362 g/mol. The molecule has 1 saturated carbocycles. The molecule has 136 valence electrons. The molecule has 0 N–H and O–H groups in total. The maximum atomic E-state index is 12.4. The van der Waals surface area contributed by atoms with E-state index in [4.69, 9.17) is 4.74 Å². The summed E-state index contributed by atoms with van der Waals surface area (Å²) in [7, 11) is 1.67. The van der Waals surface area contributed by atoms with Gasteiger partial charge in [-0.05, 0) is 61.1 Å². The molecule has 0 radical (unpaired) electrons. The summed E-state index contributed by atoms with van der Waals surface area (Å²) in [4.78, 5) is 27.5. The van der Waals surface area contributed by atoms with E-state index >= 15 is 0 Å². The molecule has 1 saturated heterocycles. The van der Waals surface area contributed by atoms with Crippen molar-refractivity contribution < 1.29 is 14.3 Å². The van der Waals surface area contributed by atoms with Crippen molar-refractivity contribution in [3.05, 3.63) is 24.3 Å². The molecule has 25 heavy (non-hydrogen) atoms. The second kappa shape index (κ2) is 8.26. The molecule has 1 aromatic rings. The fourth-order valence-corrected chi connectivity index (χ4v) is 4.91. The van der Waals surface area contributed by atoms with Gasteiger partial charge in [-0.2, -0.15) is 0 Å². The Morgan fingerprint density at radius 1 is 1.04 bits per heavy atom. The molecule has 1 spiro atoms. The summed E-state index contributed by atoms with van der Waals surface area (Å²) in [6.07, 6.45) is 7.49. The molecule has 3 rings (SSSR count). The standard InChI is InChI=1S/C20H27NO3S/c1-24-16-6-8-17(9-7-16)25-13-5-4-12-21-18(22)14-20(15-19(21)23)10-2-3-11-20/h6-9H,2-5,10-15H2,1H3. The zero-order chi connectivity index (χ0) is 17.7. The van der Waals surface area contributed by atoms with Crippen LogP contribution in [0, 0.1) is 5.41 Å². The Balaban J connectivity index is 1.38. The van der Waals surface area contributed by atoms with Crippen molar-refractivity contribution in [2.75, 3.05) is 19.4 Å². The Morgan fingerprint density at radius 2 is 1.68 bits per heavy atom. The highest BCUT2D eigenvalue weighted by molar-refractivity contribution is 7.99. The minimum absolute atomic E-state index is 0.00881. The number of amides is 2. The van der Waals surface area contributed by atoms with E-state index in [0.717, 1.165) is 37.2 Å². The lowest BCUT2D eigenvalue weighted by molar-refractivity contribution is -0.153. The second-order valence-corrected chi connectivity index (χ2v) is 8.40. The SMILES string of the molecule is COc1ccc(SCCCCN2C(=O)CC3(CCCC3)CC2=O)cc1. The van der Waals surface area contributed by atoms with Crippen LogP contribution in [0.1, 0.15) is 51.4 Å². The number of carbonyl (C=O) groups is 2. The molecule has 0 unspecified atom stereocenters. The quantitative estimate of drug-likeness (QED) is 0.413. The van der Waals surface area contributed by atoms with E-state index in [1.165, 1.54) is 22.6 Å². The Hall–Kier alpha value is -1.49. The second-order valence-electron chi connectivity index (χ2n) is 7.23. The van der Waals surface area contributed by atoms with Crippen LogP contribution < -0.4 is 4.74 Å². The monoisotopic (exact) mass is 361 g/mol. The predicted molar refractivity (Wildman–Crippen MR) is 99.8 cm³/mol. The van der Waals surface area contributed by atoms with Crippen LogP contribution in [0.3, 0.4) is 0 Å². The smallest absolute Gasteiger partial charge is 0.229 e. The van der Waals surface area contributed by atoms with E-state index in [2.05, 4.69) is 12.1 Å². The molecule has 0 aromatic heterocycles. The Kier molecular flexibility index (Phi) is 6.05. The molecule has 2 fully saturated rings. The Labute approximate surface area is 154 Å². The zero-order valence-corrected chi connectivity index (χ0v) is 15.8. The molecule has 0 atom stereocenters. The number of piperidine rings is 1. The highest BCUT2D eigenvalue weighted by Crippen LogP contribution is 2.46. The fraction of sp³-hybridized carbons (Fsp3) is 0.600. The highest BCUT2D eigenvalue weighted by atomic mass is 32.2. The summed E-state index contributed by atoms with van der Waals surface area (Å²) >= 11 is 1.80. The summed E-state index contributed by atoms with van der Waals surface area (Å²) in [6, 6.07) is 8.04. The fourth-order valence-electron chi connectivity index (χ4n) is 4.00. The van der Waals surface area contributed by atoms with Crippen molar-refractivity contribution in [2.24, 2.45) is 5.41 Å². The van der Waals surface area contributed by atoms with Crippen LogP contribution >= 0.6 is 11.8 Å². The number of unbranched alkanes of at least 4 members (excludes halogenated alkanes) is 1. The predicted octanol–water partition coefficient (Wildman–Crippen LogP) is 4.28. The third-order valence-corrected chi connectivity index (χ3v) is 6.52. The normalized spacial score (nSPS) is 19.6. The van der Waals surface area contributed by atoms with Gasteiger partial charge in [-0.15, -0.1) is 11.8 Å².